The Bertz CT molecular complexity index is 943. The van der Waals surface area contributed by atoms with E-state index in [1.807, 2.05) is 20.8 Å². The Hall–Kier alpha value is -2.74. The second kappa shape index (κ2) is 9.17. The second-order valence-corrected chi connectivity index (χ2v) is 9.01. The van der Waals surface area contributed by atoms with Crippen LogP contribution in [0, 0.1) is 0 Å². The van der Waals surface area contributed by atoms with Crippen molar-refractivity contribution in [3.63, 3.8) is 0 Å². The van der Waals surface area contributed by atoms with Gasteiger partial charge in [0.2, 0.25) is 5.91 Å². The Labute approximate surface area is 172 Å². The largest absolute Gasteiger partial charge is 0.493 e. The van der Waals surface area contributed by atoms with Gasteiger partial charge >= 0.3 is 0 Å². The van der Waals surface area contributed by atoms with Gasteiger partial charge in [-0.3, -0.25) is 9.10 Å². The first-order chi connectivity index (χ1) is 13.6. The predicted molar refractivity (Wildman–Crippen MR) is 113 cm³/mol. The molecule has 1 N–H and O–H groups in total. The number of methoxy groups -OCH3 is 2. The second-order valence-electron chi connectivity index (χ2n) is 7.15. The van der Waals surface area contributed by atoms with Crippen LogP contribution in [0.15, 0.2) is 53.4 Å². The van der Waals surface area contributed by atoms with Gasteiger partial charge in [0, 0.05) is 11.6 Å². The molecular formula is C21H28N2O5S. The molecule has 0 radical (unpaired) electrons. The van der Waals surface area contributed by atoms with Gasteiger partial charge in [0.05, 0.1) is 24.8 Å². The van der Waals surface area contributed by atoms with Crippen molar-refractivity contribution in [2.45, 2.75) is 37.6 Å². The Kier molecular flexibility index (Phi) is 7.13. The summed E-state index contributed by atoms with van der Waals surface area (Å²) < 4.78 is 38.3. The third-order valence-corrected chi connectivity index (χ3v) is 6.42. The van der Waals surface area contributed by atoms with Crippen LogP contribution < -0.4 is 19.1 Å². The van der Waals surface area contributed by atoms with Crippen molar-refractivity contribution >= 4 is 21.6 Å². The number of rotatable bonds is 9. The normalized spacial score (nSPS) is 11.6. The fourth-order valence-corrected chi connectivity index (χ4v) is 4.08. The molecule has 0 unspecified atom stereocenters. The highest BCUT2D eigenvalue weighted by atomic mass is 32.2. The SMILES string of the molecule is CCC(C)(C)NC(=O)CN(c1ccc(OC)c(OC)c1)S(=O)(=O)c1ccccc1. The summed E-state index contributed by atoms with van der Waals surface area (Å²) in [5.74, 6) is 0.434. The van der Waals surface area contributed by atoms with E-state index in [0.717, 1.165) is 4.31 Å². The summed E-state index contributed by atoms with van der Waals surface area (Å²) in [5, 5.41) is 2.88. The van der Waals surface area contributed by atoms with E-state index in [4.69, 9.17) is 9.47 Å². The zero-order valence-corrected chi connectivity index (χ0v) is 18.2. The van der Waals surface area contributed by atoms with Crippen LogP contribution in [-0.2, 0) is 14.8 Å². The maximum absolute atomic E-state index is 13.3. The number of hydrogen-bond donors (Lipinski definition) is 1. The number of sulfonamides is 1. The van der Waals surface area contributed by atoms with Gasteiger partial charge in [-0.1, -0.05) is 25.1 Å². The minimum absolute atomic E-state index is 0.0948. The summed E-state index contributed by atoms with van der Waals surface area (Å²) in [6, 6.07) is 12.7. The Morgan fingerprint density at radius 3 is 2.21 bits per heavy atom. The van der Waals surface area contributed by atoms with Gasteiger partial charge in [-0.15, -0.1) is 0 Å². The van der Waals surface area contributed by atoms with E-state index < -0.39 is 21.5 Å². The molecule has 158 valence electrons. The van der Waals surface area contributed by atoms with Gasteiger partial charge < -0.3 is 14.8 Å². The van der Waals surface area contributed by atoms with E-state index in [9.17, 15) is 13.2 Å². The molecular weight excluding hydrogens is 392 g/mol. The summed E-state index contributed by atoms with van der Waals surface area (Å²) in [4.78, 5) is 12.8. The highest BCUT2D eigenvalue weighted by Gasteiger charge is 2.29. The van der Waals surface area contributed by atoms with Gasteiger partial charge in [0.15, 0.2) is 11.5 Å². The molecule has 0 heterocycles. The van der Waals surface area contributed by atoms with E-state index in [-0.39, 0.29) is 11.4 Å². The lowest BCUT2D eigenvalue weighted by Gasteiger charge is -2.28. The number of amides is 1. The van der Waals surface area contributed by atoms with Crippen LogP contribution in [0.5, 0.6) is 11.5 Å². The van der Waals surface area contributed by atoms with Gasteiger partial charge in [-0.25, -0.2) is 8.42 Å². The summed E-state index contributed by atoms with van der Waals surface area (Å²) in [6.07, 6.45) is 0.709. The lowest BCUT2D eigenvalue weighted by Crippen LogP contribution is -2.48. The van der Waals surface area contributed by atoms with Crippen LogP contribution in [0.4, 0.5) is 5.69 Å². The first-order valence-electron chi connectivity index (χ1n) is 9.25. The van der Waals surface area contributed by atoms with Crippen molar-refractivity contribution in [1.29, 1.82) is 0 Å². The first kappa shape index (κ1) is 22.5. The number of nitrogens with one attached hydrogen (secondary N) is 1. The molecule has 8 heteroatoms. The third-order valence-electron chi connectivity index (χ3n) is 4.64. The van der Waals surface area contributed by atoms with Crippen molar-refractivity contribution in [2.24, 2.45) is 0 Å². The van der Waals surface area contributed by atoms with Crippen molar-refractivity contribution in [2.75, 3.05) is 25.1 Å². The van der Waals surface area contributed by atoms with Crippen molar-refractivity contribution < 1.29 is 22.7 Å². The number of anilines is 1. The molecule has 0 aliphatic rings. The smallest absolute Gasteiger partial charge is 0.264 e. The average molecular weight is 421 g/mol. The van der Waals surface area contributed by atoms with E-state index in [1.54, 1.807) is 30.3 Å². The molecule has 29 heavy (non-hydrogen) atoms. The molecule has 0 bridgehead atoms. The van der Waals surface area contributed by atoms with Gasteiger partial charge in [0.1, 0.15) is 6.54 Å². The van der Waals surface area contributed by atoms with Crippen molar-refractivity contribution in [3.05, 3.63) is 48.5 Å². The van der Waals surface area contributed by atoms with Gasteiger partial charge in [0.25, 0.3) is 10.0 Å². The molecule has 0 aliphatic carbocycles. The number of carbonyl (C=O) groups is 1. The minimum Gasteiger partial charge on any atom is -0.493 e. The van der Waals surface area contributed by atoms with Crippen molar-refractivity contribution in [3.8, 4) is 11.5 Å². The summed E-state index contributed by atoms with van der Waals surface area (Å²) in [7, 11) is -1.02. The number of nitrogens with zero attached hydrogens (tertiary/aromatic N) is 1. The van der Waals surface area contributed by atoms with Crippen LogP contribution >= 0.6 is 0 Å². The minimum atomic E-state index is -3.98. The molecule has 0 aromatic heterocycles. The van der Waals surface area contributed by atoms with E-state index in [1.165, 1.54) is 32.4 Å². The maximum atomic E-state index is 13.3. The number of carbonyl (C=O) groups excluding carboxylic acids is 1. The molecule has 7 nitrogen and oxygen atoms in total. The fraction of sp³-hybridized carbons (Fsp3) is 0.381. The van der Waals surface area contributed by atoms with Gasteiger partial charge in [-0.05, 0) is 44.5 Å². The topological polar surface area (TPSA) is 84.9 Å². The standard InChI is InChI=1S/C21H28N2O5S/c1-6-21(2,3)22-20(24)15-23(29(25,26)17-10-8-7-9-11-17)16-12-13-18(27-4)19(14-16)28-5/h7-14H,6,15H2,1-5H3,(H,22,24). The Balaban J connectivity index is 2.50. The number of benzene rings is 2. The Morgan fingerprint density at radius 1 is 1.03 bits per heavy atom. The first-order valence-corrected chi connectivity index (χ1v) is 10.7. The zero-order chi connectivity index (χ0) is 21.7. The molecule has 0 saturated carbocycles. The molecule has 0 fully saturated rings. The summed E-state index contributed by atoms with van der Waals surface area (Å²) >= 11 is 0. The van der Waals surface area contributed by atoms with Crippen LogP contribution in [0.3, 0.4) is 0 Å². The quantitative estimate of drug-likeness (QED) is 0.673. The van der Waals surface area contributed by atoms with E-state index in [2.05, 4.69) is 5.32 Å². The third kappa shape index (κ3) is 5.41. The monoisotopic (exact) mass is 420 g/mol. The lowest BCUT2D eigenvalue weighted by molar-refractivity contribution is -0.121. The van der Waals surface area contributed by atoms with Crippen LogP contribution in [-0.4, -0.2) is 40.6 Å². The fourth-order valence-electron chi connectivity index (χ4n) is 2.65. The van der Waals surface area contributed by atoms with Crippen LogP contribution in [0.1, 0.15) is 27.2 Å². The number of ether oxygens (including phenoxy) is 2. The zero-order valence-electron chi connectivity index (χ0n) is 17.4. The highest BCUT2D eigenvalue weighted by molar-refractivity contribution is 7.92. The van der Waals surface area contributed by atoms with Crippen molar-refractivity contribution in [1.82, 2.24) is 5.32 Å². The molecule has 2 aromatic rings. The van der Waals surface area contributed by atoms with Crippen LogP contribution in [0.25, 0.3) is 0 Å². The average Bonchev–Trinajstić information content (AvgIpc) is 2.71. The summed E-state index contributed by atoms with van der Waals surface area (Å²) in [5.41, 5.74) is -0.146. The molecule has 2 rings (SSSR count). The predicted octanol–water partition coefficient (Wildman–Crippen LogP) is 3.20. The maximum Gasteiger partial charge on any atom is 0.264 e. The van der Waals surface area contributed by atoms with E-state index >= 15 is 0 Å². The van der Waals surface area contributed by atoms with Crippen LogP contribution in [0.2, 0.25) is 0 Å². The van der Waals surface area contributed by atoms with Gasteiger partial charge in [-0.2, -0.15) is 0 Å². The molecule has 0 spiro atoms. The molecule has 2 aromatic carbocycles. The molecule has 0 saturated heterocycles. The van der Waals surface area contributed by atoms with E-state index in [0.29, 0.717) is 23.6 Å². The highest BCUT2D eigenvalue weighted by Crippen LogP contribution is 2.33. The molecule has 0 aliphatic heterocycles. The number of hydrogen-bond acceptors (Lipinski definition) is 5. The molecule has 1 amide bonds. The Morgan fingerprint density at radius 2 is 1.66 bits per heavy atom. The molecule has 0 atom stereocenters. The lowest BCUT2D eigenvalue weighted by atomic mass is 10.0. The summed E-state index contributed by atoms with van der Waals surface area (Å²) in [6.45, 7) is 5.36.